The highest BCUT2D eigenvalue weighted by molar-refractivity contribution is 5.93. The Morgan fingerprint density at radius 3 is 2.00 bits per heavy atom. The molecule has 0 heterocycles. The normalized spacial score (nSPS) is 12.3. The summed E-state index contributed by atoms with van der Waals surface area (Å²) in [6, 6.07) is 0. The van der Waals surface area contributed by atoms with Gasteiger partial charge in [-0.05, 0) is 12.3 Å². The van der Waals surface area contributed by atoms with Crippen LogP contribution in [0.15, 0.2) is 12.3 Å². The zero-order valence-electron chi connectivity index (χ0n) is 6.14. The summed E-state index contributed by atoms with van der Waals surface area (Å²) in [5.41, 5.74) is 4.73. The summed E-state index contributed by atoms with van der Waals surface area (Å²) in [6.45, 7) is 5.57. The third kappa shape index (κ3) is 2.90. The lowest BCUT2D eigenvalue weighted by Crippen LogP contribution is -2.17. The van der Waals surface area contributed by atoms with Gasteiger partial charge in [0.2, 0.25) is 0 Å². The Morgan fingerprint density at radius 1 is 1.44 bits per heavy atom. The summed E-state index contributed by atoms with van der Waals surface area (Å²) in [4.78, 5) is 10.9. The standard InChI is InChI=1S/C7H13NO/c1-7(2,3)6(9)4-5-8/h4-5H,8H2,1-3H3/b5-4-. The largest absolute Gasteiger partial charge is 0.404 e. The van der Waals surface area contributed by atoms with Gasteiger partial charge in [0.15, 0.2) is 5.78 Å². The van der Waals surface area contributed by atoms with E-state index in [0.29, 0.717) is 0 Å². The number of carbonyl (C=O) groups is 1. The minimum atomic E-state index is -0.296. The second-order valence-electron chi connectivity index (χ2n) is 2.97. The summed E-state index contributed by atoms with van der Waals surface area (Å²) in [7, 11) is 0. The number of hydrogen-bond donors (Lipinski definition) is 1. The molecule has 0 rings (SSSR count). The fraction of sp³-hybridized carbons (Fsp3) is 0.571. The van der Waals surface area contributed by atoms with E-state index in [1.807, 2.05) is 20.8 Å². The highest BCUT2D eigenvalue weighted by atomic mass is 16.1. The minimum absolute atomic E-state index is 0.0602. The van der Waals surface area contributed by atoms with Gasteiger partial charge in [-0.15, -0.1) is 0 Å². The van der Waals surface area contributed by atoms with Crippen LogP contribution in [0, 0.1) is 5.41 Å². The summed E-state index contributed by atoms with van der Waals surface area (Å²) >= 11 is 0. The van der Waals surface area contributed by atoms with E-state index in [1.54, 1.807) is 0 Å². The van der Waals surface area contributed by atoms with E-state index in [-0.39, 0.29) is 11.2 Å². The maximum atomic E-state index is 10.9. The molecule has 0 aromatic carbocycles. The molecule has 0 aromatic rings. The van der Waals surface area contributed by atoms with Crippen LogP contribution >= 0.6 is 0 Å². The van der Waals surface area contributed by atoms with Gasteiger partial charge in [0.05, 0.1) is 0 Å². The molecular weight excluding hydrogens is 114 g/mol. The molecule has 52 valence electrons. The van der Waals surface area contributed by atoms with Gasteiger partial charge in [0, 0.05) is 5.41 Å². The summed E-state index contributed by atoms with van der Waals surface area (Å²) in [5.74, 6) is 0.0602. The van der Waals surface area contributed by atoms with Gasteiger partial charge >= 0.3 is 0 Å². The van der Waals surface area contributed by atoms with Crippen molar-refractivity contribution >= 4 is 5.78 Å². The average Bonchev–Trinajstić information content (AvgIpc) is 1.64. The molecule has 2 nitrogen and oxygen atoms in total. The minimum Gasteiger partial charge on any atom is -0.404 e. The van der Waals surface area contributed by atoms with E-state index in [0.717, 1.165) is 0 Å². The highest BCUT2D eigenvalue weighted by Crippen LogP contribution is 2.14. The van der Waals surface area contributed by atoms with Crippen molar-refractivity contribution in [2.45, 2.75) is 20.8 Å². The average molecular weight is 127 g/mol. The van der Waals surface area contributed by atoms with E-state index >= 15 is 0 Å². The molecule has 0 saturated heterocycles. The number of nitrogens with two attached hydrogens (primary N) is 1. The zero-order valence-corrected chi connectivity index (χ0v) is 6.14. The lowest BCUT2D eigenvalue weighted by atomic mass is 9.91. The molecule has 0 aliphatic rings. The van der Waals surface area contributed by atoms with Crippen LogP contribution in [0.1, 0.15) is 20.8 Å². The molecular formula is C7H13NO. The fourth-order valence-electron chi connectivity index (χ4n) is 0.337. The molecule has 0 spiro atoms. The molecule has 2 N–H and O–H groups in total. The maximum absolute atomic E-state index is 10.9. The van der Waals surface area contributed by atoms with Crippen molar-refractivity contribution in [2.75, 3.05) is 0 Å². The van der Waals surface area contributed by atoms with Gasteiger partial charge in [-0.1, -0.05) is 20.8 Å². The van der Waals surface area contributed by atoms with Gasteiger partial charge in [-0.3, -0.25) is 4.79 Å². The predicted octanol–water partition coefficient (Wildman–Crippen LogP) is 1.07. The Labute approximate surface area is 55.7 Å². The molecule has 0 radical (unpaired) electrons. The second-order valence-corrected chi connectivity index (χ2v) is 2.97. The van der Waals surface area contributed by atoms with Gasteiger partial charge < -0.3 is 5.73 Å². The molecule has 0 unspecified atom stereocenters. The molecule has 0 atom stereocenters. The SMILES string of the molecule is CC(C)(C)C(=O)/C=C\N. The van der Waals surface area contributed by atoms with Gasteiger partial charge in [-0.25, -0.2) is 0 Å². The third-order valence-electron chi connectivity index (χ3n) is 0.987. The van der Waals surface area contributed by atoms with Crippen molar-refractivity contribution in [1.29, 1.82) is 0 Å². The molecule has 0 aliphatic carbocycles. The Balaban J connectivity index is 4.06. The van der Waals surface area contributed by atoms with E-state index in [9.17, 15) is 4.79 Å². The van der Waals surface area contributed by atoms with Crippen LogP contribution in [0.25, 0.3) is 0 Å². The molecule has 2 heteroatoms. The summed E-state index contributed by atoms with van der Waals surface area (Å²) in [5, 5.41) is 0. The first-order valence-corrected chi connectivity index (χ1v) is 2.91. The molecule has 0 fully saturated rings. The highest BCUT2D eigenvalue weighted by Gasteiger charge is 2.17. The van der Waals surface area contributed by atoms with E-state index in [2.05, 4.69) is 0 Å². The lowest BCUT2D eigenvalue weighted by Gasteiger charge is -2.12. The molecule has 0 bridgehead atoms. The third-order valence-corrected chi connectivity index (χ3v) is 0.987. The number of rotatable bonds is 1. The van der Waals surface area contributed by atoms with Crippen molar-refractivity contribution in [1.82, 2.24) is 0 Å². The number of hydrogen-bond acceptors (Lipinski definition) is 2. The smallest absolute Gasteiger partial charge is 0.162 e. The zero-order chi connectivity index (χ0) is 7.49. The van der Waals surface area contributed by atoms with Gasteiger partial charge in [-0.2, -0.15) is 0 Å². The molecule has 0 aromatic heterocycles. The first kappa shape index (κ1) is 8.21. The number of allylic oxidation sites excluding steroid dienone is 1. The van der Waals surface area contributed by atoms with E-state index in [1.165, 1.54) is 12.3 Å². The Kier molecular flexibility index (Phi) is 2.43. The number of ketones is 1. The van der Waals surface area contributed by atoms with Crippen LogP contribution in [-0.2, 0) is 4.79 Å². The molecule has 0 amide bonds. The van der Waals surface area contributed by atoms with Crippen LogP contribution in [0.4, 0.5) is 0 Å². The van der Waals surface area contributed by atoms with Crippen molar-refractivity contribution in [2.24, 2.45) is 11.1 Å². The molecule has 0 aliphatic heterocycles. The van der Waals surface area contributed by atoms with Gasteiger partial charge in [0.25, 0.3) is 0 Å². The Morgan fingerprint density at radius 2 is 1.89 bits per heavy atom. The lowest BCUT2D eigenvalue weighted by molar-refractivity contribution is -0.121. The first-order chi connectivity index (χ1) is 3.98. The van der Waals surface area contributed by atoms with Crippen molar-refractivity contribution in [3.8, 4) is 0 Å². The van der Waals surface area contributed by atoms with Crippen LogP contribution in [-0.4, -0.2) is 5.78 Å². The van der Waals surface area contributed by atoms with Gasteiger partial charge in [0.1, 0.15) is 0 Å². The fourth-order valence-corrected chi connectivity index (χ4v) is 0.337. The van der Waals surface area contributed by atoms with Crippen molar-refractivity contribution < 1.29 is 4.79 Å². The van der Waals surface area contributed by atoms with Crippen molar-refractivity contribution in [3.63, 3.8) is 0 Å². The Bertz CT molecular complexity index is 130. The molecule has 0 saturated carbocycles. The predicted molar refractivity (Wildman–Crippen MR) is 37.8 cm³/mol. The first-order valence-electron chi connectivity index (χ1n) is 2.91. The topological polar surface area (TPSA) is 43.1 Å². The Hall–Kier alpha value is -0.790. The van der Waals surface area contributed by atoms with E-state index in [4.69, 9.17) is 5.73 Å². The van der Waals surface area contributed by atoms with Crippen molar-refractivity contribution in [3.05, 3.63) is 12.3 Å². The second kappa shape index (κ2) is 2.67. The van der Waals surface area contributed by atoms with Crippen LogP contribution < -0.4 is 5.73 Å². The van der Waals surface area contributed by atoms with Crippen LogP contribution in [0.5, 0.6) is 0 Å². The summed E-state index contributed by atoms with van der Waals surface area (Å²) < 4.78 is 0. The molecule has 9 heavy (non-hydrogen) atoms. The monoisotopic (exact) mass is 127 g/mol. The van der Waals surface area contributed by atoms with Crippen LogP contribution in [0.3, 0.4) is 0 Å². The number of carbonyl (C=O) groups excluding carboxylic acids is 1. The van der Waals surface area contributed by atoms with Crippen LogP contribution in [0.2, 0.25) is 0 Å². The summed E-state index contributed by atoms with van der Waals surface area (Å²) in [6.07, 6.45) is 2.66. The maximum Gasteiger partial charge on any atom is 0.162 e. The van der Waals surface area contributed by atoms with E-state index < -0.39 is 0 Å². The quantitative estimate of drug-likeness (QED) is 0.535.